The smallest absolute Gasteiger partial charge is 0.131 e. The molecule has 2 aliphatic carbocycles. The van der Waals surface area contributed by atoms with Gasteiger partial charge in [0.25, 0.3) is 0 Å². The number of nitrogens with one attached hydrogen (secondary N) is 1. The molecule has 1 atom stereocenters. The average molecular weight is 259 g/mol. The lowest BCUT2D eigenvalue weighted by molar-refractivity contribution is 0.414. The normalized spacial score (nSPS) is 24.2. The van der Waals surface area contributed by atoms with Gasteiger partial charge in [0, 0.05) is 17.8 Å². The van der Waals surface area contributed by atoms with Crippen LogP contribution in [-0.4, -0.2) is 23.6 Å². The van der Waals surface area contributed by atoms with Crippen LogP contribution in [0.25, 0.3) is 0 Å². The van der Waals surface area contributed by atoms with Gasteiger partial charge in [-0.3, -0.25) is 0 Å². The standard InChI is InChI=1S/C16H25N3/c1-17-10-12-7-8-15-14(9-12)11-18-16(19-15)13-5-3-2-4-6-13/h11-13,17H,2-10H2,1H3. The van der Waals surface area contributed by atoms with Gasteiger partial charge in [0.05, 0.1) is 0 Å². The van der Waals surface area contributed by atoms with Gasteiger partial charge in [0.15, 0.2) is 0 Å². The number of hydrogen-bond acceptors (Lipinski definition) is 3. The van der Waals surface area contributed by atoms with Crippen LogP contribution in [0.1, 0.15) is 61.5 Å². The molecule has 1 unspecified atom stereocenters. The second kappa shape index (κ2) is 6.00. The van der Waals surface area contributed by atoms with E-state index in [2.05, 4.69) is 16.5 Å². The van der Waals surface area contributed by atoms with Crippen molar-refractivity contribution in [3.8, 4) is 0 Å². The highest BCUT2D eigenvalue weighted by atomic mass is 14.9. The first-order chi connectivity index (χ1) is 9.36. The Balaban J connectivity index is 1.73. The molecule has 1 aromatic rings. The predicted octanol–water partition coefficient (Wildman–Crippen LogP) is 2.85. The Hall–Kier alpha value is -0.960. The van der Waals surface area contributed by atoms with Crippen molar-refractivity contribution in [2.24, 2.45) is 5.92 Å². The third kappa shape index (κ3) is 2.97. The van der Waals surface area contributed by atoms with E-state index in [1.54, 1.807) is 0 Å². The minimum absolute atomic E-state index is 0.633. The van der Waals surface area contributed by atoms with Crippen molar-refractivity contribution in [2.45, 2.75) is 57.3 Å². The first kappa shape index (κ1) is 13.0. The van der Waals surface area contributed by atoms with Gasteiger partial charge in [-0.25, -0.2) is 9.97 Å². The molecule has 1 saturated carbocycles. The van der Waals surface area contributed by atoms with Crippen molar-refractivity contribution in [3.63, 3.8) is 0 Å². The maximum Gasteiger partial charge on any atom is 0.131 e. The number of nitrogens with zero attached hydrogens (tertiary/aromatic N) is 2. The number of aromatic nitrogens is 2. The summed E-state index contributed by atoms with van der Waals surface area (Å²) in [7, 11) is 2.04. The molecular weight excluding hydrogens is 234 g/mol. The van der Waals surface area contributed by atoms with Crippen LogP contribution in [0.2, 0.25) is 0 Å². The molecule has 1 fully saturated rings. The zero-order valence-corrected chi connectivity index (χ0v) is 12.0. The van der Waals surface area contributed by atoms with E-state index in [0.29, 0.717) is 5.92 Å². The molecule has 0 aliphatic heterocycles. The lowest BCUT2D eigenvalue weighted by atomic mass is 9.86. The molecule has 0 saturated heterocycles. The SMILES string of the molecule is CNCC1CCc2nc(C3CCCCC3)ncc2C1. The van der Waals surface area contributed by atoms with Crippen LogP contribution < -0.4 is 5.32 Å². The molecule has 19 heavy (non-hydrogen) atoms. The van der Waals surface area contributed by atoms with Crippen LogP contribution in [-0.2, 0) is 12.8 Å². The first-order valence-corrected chi connectivity index (χ1v) is 7.86. The lowest BCUT2D eigenvalue weighted by Crippen LogP contribution is -2.26. The van der Waals surface area contributed by atoms with Crippen LogP contribution in [0.3, 0.4) is 0 Å². The molecule has 3 heteroatoms. The Bertz CT molecular complexity index is 424. The summed E-state index contributed by atoms with van der Waals surface area (Å²) in [4.78, 5) is 9.58. The van der Waals surface area contributed by atoms with Crippen LogP contribution in [0.4, 0.5) is 0 Å². The molecule has 0 amide bonds. The lowest BCUT2D eigenvalue weighted by Gasteiger charge is -2.25. The highest BCUT2D eigenvalue weighted by Crippen LogP contribution is 2.32. The quantitative estimate of drug-likeness (QED) is 0.907. The monoisotopic (exact) mass is 259 g/mol. The molecule has 1 N–H and O–H groups in total. The number of hydrogen-bond donors (Lipinski definition) is 1. The van der Waals surface area contributed by atoms with Crippen LogP contribution >= 0.6 is 0 Å². The van der Waals surface area contributed by atoms with Crippen LogP contribution in [0.15, 0.2) is 6.20 Å². The molecule has 3 nitrogen and oxygen atoms in total. The van der Waals surface area contributed by atoms with Gasteiger partial charge in [0.2, 0.25) is 0 Å². The van der Waals surface area contributed by atoms with Gasteiger partial charge in [0.1, 0.15) is 5.82 Å². The molecule has 1 heterocycles. The fraction of sp³-hybridized carbons (Fsp3) is 0.750. The van der Waals surface area contributed by atoms with E-state index in [1.165, 1.54) is 49.8 Å². The minimum Gasteiger partial charge on any atom is -0.319 e. The Morgan fingerprint density at radius 1 is 1.21 bits per heavy atom. The van der Waals surface area contributed by atoms with E-state index in [9.17, 15) is 0 Å². The summed E-state index contributed by atoms with van der Waals surface area (Å²) in [6, 6.07) is 0. The van der Waals surface area contributed by atoms with E-state index in [4.69, 9.17) is 4.98 Å². The molecule has 0 aromatic carbocycles. The molecule has 0 radical (unpaired) electrons. The second-order valence-electron chi connectivity index (χ2n) is 6.20. The molecule has 3 rings (SSSR count). The fourth-order valence-corrected chi connectivity index (χ4v) is 3.62. The number of rotatable bonds is 3. The summed E-state index contributed by atoms with van der Waals surface area (Å²) >= 11 is 0. The minimum atomic E-state index is 0.633. The number of fused-ring (bicyclic) bond motifs is 1. The highest BCUT2D eigenvalue weighted by molar-refractivity contribution is 5.22. The third-order valence-electron chi connectivity index (χ3n) is 4.73. The summed E-state index contributed by atoms with van der Waals surface area (Å²) in [6.07, 6.45) is 12.4. The molecule has 104 valence electrons. The van der Waals surface area contributed by atoms with Gasteiger partial charge in [-0.15, -0.1) is 0 Å². The summed E-state index contributed by atoms with van der Waals surface area (Å²) in [5, 5.41) is 3.29. The van der Waals surface area contributed by atoms with E-state index in [0.717, 1.165) is 31.1 Å². The van der Waals surface area contributed by atoms with Gasteiger partial charge < -0.3 is 5.32 Å². The summed E-state index contributed by atoms with van der Waals surface area (Å²) < 4.78 is 0. The Labute approximate surface area is 116 Å². The average Bonchev–Trinajstić information content (AvgIpc) is 2.48. The van der Waals surface area contributed by atoms with E-state index in [1.807, 2.05) is 7.05 Å². The van der Waals surface area contributed by atoms with Crippen molar-refractivity contribution >= 4 is 0 Å². The zero-order valence-electron chi connectivity index (χ0n) is 12.0. The topological polar surface area (TPSA) is 37.8 Å². The van der Waals surface area contributed by atoms with Crippen molar-refractivity contribution < 1.29 is 0 Å². The number of aryl methyl sites for hydroxylation is 1. The van der Waals surface area contributed by atoms with Crippen molar-refractivity contribution in [1.82, 2.24) is 15.3 Å². The Kier molecular flexibility index (Phi) is 4.12. The Morgan fingerprint density at radius 2 is 2.05 bits per heavy atom. The fourth-order valence-electron chi connectivity index (χ4n) is 3.62. The molecule has 2 aliphatic rings. The molecule has 0 bridgehead atoms. The summed E-state index contributed by atoms with van der Waals surface area (Å²) in [5.74, 6) is 2.53. The van der Waals surface area contributed by atoms with Gasteiger partial charge >= 0.3 is 0 Å². The van der Waals surface area contributed by atoms with Crippen molar-refractivity contribution in [2.75, 3.05) is 13.6 Å². The molecule has 1 aromatic heterocycles. The maximum absolute atomic E-state index is 4.90. The summed E-state index contributed by atoms with van der Waals surface area (Å²) in [6.45, 7) is 1.11. The van der Waals surface area contributed by atoms with Crippen molar-refractivity contribution in [1.29, 1.82) is 0 Å². The van der Waals surface area contributed by atoms with Gasteiger partial charge in [-0.05, 0) is 57.2 Å². The summed E-state index contributed by atoms with van der Waals surface area (Å²) in [5.41, 5.74) is 2.73. The van der Waals surface area contributed by atoms with Crippen LogP contribution in [0.5, 0.6) is 0 Å². The zero-order chi connectivity index (χ0) is 13.1. The molecule has 0 spiro atoms. The Morgan fingerprint density at radius 3 is 2.84 bits per heavy atom. The maximum atomic E-state index is 4.90. The second-order valence-corrected chi connectivity index (χ2v) is 6.20. The van der Waals surface area contributed by atoms with Gasteiger partial charge in [-0.2, -0.15) is 0 Å². The van der Waals surface area contributed by atoms with E-state index >= 15 is 0 Å². The third-order valence-corrected chi connectivity index (χ3v) is 4.73. The van der Waals surface area contributed by atoms with Gasteiger partial charge in [-0.1, -0.05) is 19.3 Å². The van der Waals surface area contributed by atoms with E-state index < -0.39 is 0 Å². The predicted molar refractivity (Wildman–Crippen MR) is 77.3 cm³/mol. The van der Waals surface area contributed by atoms with E-state index in [-0.39, 0.29) is 0 Å². The molecular formula is C16H25N3. The highest BCUT2D eigenvalue weighted by Gasteiger charge is 2.23. The largest absolute Gasteiger partial charge is 0.319 e. The van der Waals surface area contributed by atoms with Crippen LogP contribution in [0, 0.1) is 5.92 Å². The van der Waals surface area contributed by atoms with Crippen molar-refractivity contribution in [3.05, 3.63) is 23.3 Å². The first-order valence-electron chi connectivity index (χ1n) is 7.86.